The molecule has 0 aromatic carbocycles. The van der Waals surface area contributed by atoms with E-state index in [4.69, 9.17) is 16.6 Å². The highest BCUT2D eigenvalue weighted by Crippen LogP contribution is 1.93. The van der Waals surface area contributed by atoms with Gasteiger partial charge in [0, 0.05) is 12.1 Å². The second-order valence-corrected chi connectivity index (χ2v) is 2.29. The Balaban J connectivity index is 3.50. The summed E-state index contributed by atoms with van der Waals surface area (Å²) in [7, 11) is 0. The molecule has 11 heavy (non-hydrogen) atoms. The third kappa shape index (κ3) is 7.02. The van der Waals surface area contributed by atoms with Crippen molar-refractivity contribution in [1.82, 2.24) is 0 Å². The maximum Gasteiger partial charge on any atom is 0.328 e. The van der Waals surface area contributed by atoms with Gasteiger partial charge in [0.1, 0.15) is 0 Å². The number of carboxylic acid groups (broad SMARTS) is 1. The van der Waals surface area contributed by atoms with Gasteiger partial charge in [0.2, 0.25) is 0 Å². The van der Waals surface area contributed by atoms with Gasteiger partial charge in [-0.3, -0.25) is 0 Å². The summed E-state index contributed by atoms with van der Waals surface area (Å²) in [4.78, 5) is 10.0. The number of rotatable bonds is 5. The molecule has 0 spiro atoms. The Kier molecular flexibility index (Phi) is 5.42. The maximum atomic E-state index is 10.0. The lowest BCUT2D eigenvalue weighted by molar-refractivity contribution is -0.131. The van der Waals surface area contributed by atoms with Crippen molar-refractivity contribution < 1.29 is 9.90 Å². The zero-order chi connectivity index (χ0) is 8.69. The van der Waals surface area contributed by atoms with Crippen LogP contribution in [0.2, 0.25) is 0 Å². The molecule has 1 unspecified atom stereocenters. The first kappa shape index (κ1) is 10.1. The van der Waals surface area contributed by atoms with E-state index in [1.165, 1.54) is 6.08 Å². The molecule has 4 heteroatoms. The van der Waals surface area contributed by atoms with Gasteiger partial charge in [-0.15, -0.1) is 0 Å². The first-order valence-electron chi connectivity index (χ1n) is 3.53. The van der Waals surface area contributed by atoms with E-state index in [2.05, 4.69) is 0 Å². The number of nitrogens with two attached hydrogens (primary N) is 2. The normalized spacial score (nSPS) is 13.6. The predicted molar refractivity (Wildman–Crippen MR) is 43.0 cm³/mol. The molecule has 4 nitrogen and oxygen atoms in total. The molecule has 0 aromatic rings. The van der Waals surface area contributed by atoms with E-state index < -0.39 is 5.97 Å². The fraction of sp³-hybridized carbons (Fsp3) is 0.571. The molecule has 0 aliphatic rings. The molecule has 0 fully saturated rings. The van der Waals surface area contributed by atoms with E-state index in [0.717, 1.165) is 18.9 Å². The van der Waals surface area contributed by atoms with Crippen LogP contribution >= 0.6 is 0 Å². The molecule has 64 valence electrons. The molecule has 1 atom stereocenters. The Morgan fingerprint density at radius 2 is 2.27 bits per heavy atom. The Hall–Kier alpha value is -0.870. The largest absolute Gasteiger partial charge is 0.478 e. The van der Waals surface area contributed by atoms with E-state index in [1.807, 2.05) is 0 Å². The molecular weight excluding hydrogens is 144 g/mol. The minimum atomic E-state index is -0.965. The van der Waals surface area contributed by atoms with Crippen LogP contribution in [0.1, 0.15) is 12.8 Å². The molecule has 0 aromatic heterocycles. The van der Waals surface area contributed by atoms with Gasteiger partial charge in [-0.1, -0.05) is 6.08 Å². The average molecular weight is 158 g/mol. The van der Waals surface area contributed by atoms with E-state index in [0.29, 0.717) is 6.54 Å². The van der Waals surface area contributed by atoms with E-state index >= 15 is 0 Å². The molecule has 0 heterocycles. The summed E-state index contributed by atoms with van der Waals surface area (Å²) in [5.74, 6) is -0.965. The first-order chi connectivity index (χ1) is 5.16. The van der Waals surface area contributed by atoms with Crippen molar-refractivity contribution in [2.75, 3.05) is 6.54 Å². The van der Waals surface area contributed by atoms with Crippen LogP contribution in [-0.4, -0.2) is 23.7 Å². The van der Waals surface area contributed by atoms with Crippen LogP contribution in [0.4, 0.5) is 0 Å². The molecule has 0 amide bonds. The standard InChI is InChI=1S/C7H14N2O2/c8-5-1-2-6(9)3-4-7(10)11/h3-4,6H,1-2,5,8-9H2,(H,10,11)/b4-3+. The van der Waals surface area contributed by atoms with Gasteiger partial charge in [-0.25, -0.2) is 4.79 Å². The smallest absolute Gasteiger partial charge is 0.328 e. The molecule has 0 bridgehead atoms. The molecule has 0 saturated heterocycles. The van der Waals surface area contributed by atoms with Gasteiger partial charge in [0.15, 0.2) is 0 Å². The topological polar surface area (TPSA) is 89.3 Å². The van der Waals surface area contributed by atoms with Crippen molar-refractivity contribution >= 4 is 5.97 Å². The van der Waals surface area contributed by atoms with E-state index in [9.17, 15) is 4.79 Å². The monoisotopic (exact) mass is 158 g/mol. The quantitative estimate of drug-likeness (QED) is 0.479. The summed E-state index contributed by atoms with van der Waals surface area (Å²) in [5, 5.41) is 8.22. The molecule has 0 rings (SSSR count). The van der Waals surface area contributed by atoms with Gasteiger partial charge in [-0.2, -0.15) is 0 Å². The van der Waals surface area contributed by atoms with Gasteiger partial charge in [-0.05, 0) is 19.4 Å². The zero-order valence-electron chi connectivity index (χ0n) is 6.36. The highest BCUT2D eigenvalue weighted by molar-refractivity contribution is 5.79. The van der Waals surface area contributed by atoms with Gasteiger partial charge in [0.25, 0.3) is 0 Å². The highest BCUT2D eigenvalue weighted by atomic mass is 16.4. The third-order valence-electron chi connectivity index (χ3n) is 1.23. The fourth-order valence-corrected chi connectivity index (χ4v) is 0.656. The molecule has 0 aliphatic heterocycles. The lowest BCUT2D eigenvalue weighted by Gasteiger charge is -2.02. The van der Waals surface area contributed by atoms with Crippen molar-refractivity contribution in [2.45, 2.75) is 18.9 Å². The average Bonchev–Trinajstić information content (AvgIpc) is 1.97. The van der Waals surface area contributed by atoms with Gasteiger partial charge in [0.05, 0.1) is 0 Å². The fourth-order valence-electron chi connectivity index (χ4n) is 0.656. The lowest BCUT2D eigenvalue weighted by atomic mass is 10.1. The SMILES string of the molecule is NCCCC(N)/C=C/C(=O)O. The Labute approximate surface area is 65.9 Å². The summed E-state index contributed by atoms with van der Waals surface area (Å²) in [6.45, 7) is 0.592. The number of hydrogen-bond acceptors (Lipinski definition) is 3. The third-order valence-corrected chi connectivity index (χ3v) is 1.23. The van der Waals surface area contributed by atoms with Crippen LogP contribution in [0.25, 0.3) is 0 Å². The predicted octanol–water partition coefficient (Wildman–Crippen LogP) is -0.307. The second kappa shape index (κ2) is 5.88. The molecule has 5 N–H and O–H groups in total. The van der Waals surface area contributed by atoms with Crippen molar-refractivity contribution in [1.29, 1.82) is 0 Å². The molecule has 0 aliphatic carbocycles. The highest BCUT2D eigenvalue weighted by Gasteiger charge is 1.96. The van der Waals surface area contributed by atoms with Crippen LogP contribution in [-0.2, 0) is 4.79 Å². The van der Waals surface area contributed by atoms with E-state index in [1.54, 1.807) is 0 Å². The summed E-state index contributed by atoms with van der Waals surface area (Å²) in [5.41, 5.74) is 10.7. The van der Waals surface area contributed by atoms with Crippen molar-refractivity contribution in [3.05, 3.63) is 12.2 Å². The minimum absolute atomic E-state index is 0.186. The molecular formula is C7H14N2O2. The minimum Gasteiger partial charge on any atom is -0.478 e. The van der Waals surface area contributed by atoms with Crippen LogP contribution in [0, 0.1) is 0 Å². The van der Waals surface area contributed by atoms with Crippen molar-refractivity contribution in [2.24, 2.45) is 11.5 Å². The van der Waals surface area contributed by atoms with Crippen LogP contribution < -0.4 is 11.5 Å². The van der Waals surface area contributed by atoms with Crippen LogP contribution in [0.15, 0.2) is 12.2 Å². The Morgan fingerprint density at radius 1 is 1.64 bits per heavy atom. The zero-order valence-corrected chi connectivity index (χ0v) is 6.36. The second-order valence-electron chi connectivity index (χ2n) is 2.29. The number of carboxylic acids is 1. The van der Waals surface area contributed by atoms with Crippen molar-refractivity contribution in [3.63, 3.8) is 0 Å². The van der Waals surface area contributed by atoms with Gasteiger partial charge >= 0.3 is 5.97 Å². The summed E-state index contributed by atoms with van der Waals surface area (Å²) in [6, 6.07) is -0.186. The van der Waals surface area contributed by atoms with Gasteiger partial charge < -0.3 is 16.6 Å². The maximum absolute atomic E-state index is 10.0. The Morgan fingerprint density at radius 3 is 2.73 bits per heavy atom. The van der Waals surface area contributed by atoms with E-state index in [-0.39, 0.29) is 6.04 Å². The first-order valence-corrected chi connectivity index (χ1v) is 3.53. The summed E-state index contributed by atoms with van der Waals surface area (Å²) >= 11 is 0. The Bertz CT molecular complexity index is 145. The van der Waals surface area contributed by atoms with Crippen LogP contribution in [0.3, 0.4) is 0 Å². The molecule has 0 saturated carbocycles. The molecule has 0 radical (unpaired) electrons. The number of aliphatic carboxylic acids is 1. The number of carbonyl (C=O) groups is 1. The number of hydrogen-bond donors (Lipinski definition) is 3. The van der Waals surface area contributed by atoms with Crippen molar-refractivity contribution in [3.8, 4) is 0 Å². The summed E-state index contributed by atoms with van der Waals surface area (Å²) < 4.78 is 0. The lowest BCUT2D eigenvalue weighted by Crippen LogP contribution is -2.18. The van der Waals surface area contributed by atoms with Crippen LogP contribution in [0.5, 0.6) is 0 Å². The summed E-state index contributed by atoms with van der Waals surface area (Å²) in [6.07, 6.45) is 4.09.